The van der Waals surface area contributed by atoms with Crippen LogP contribution in [0.25, 0.3) is 0 Å². The van der Waals surface area contributed by atoms with E-state index >= 15 is 0 Å². The van der Waals surface area contributed by atoms with Crippen LogP contribution in [0.4, 0.5) is 0 Å². The fraction of sp³-hybridized carbons (Fsp3) is 0.615. The van der Waals surface area contributed by atoms with E-state index in [4.69, 9.17) is 4.42 Å². The molecule has 0 spiro atoms. The summed E-state index contributed by atoms with van der Waals surface area (Å²) in [6.07, 6.45) is 2.27. The molecule has 1 N–H and O–H groups in total. The lowest BCUT2D eigenvalue weighted by Gasteiger charge is -2.20. The second kappa shape index (κ2) is 5.36. The molecule has 1 amide bonds. The summed E-state index contributed by atoms with van der Waals surface area (Å²) in [4.78, 5) is 13.9. The molecule has 0 aliphatic carbocycles. The van der Waals surface area contributed by atoms with Gasteiger partial charge in [0.25, 0.3) is 0 Å². The number of aryl methyl sites for hydroxylation is 1. The minimum Gasteiger partial charge on any atom is -0.465 e. The van der Waals surface area contributed by atoms with E-state index in [9.17, 15) is 4.79 Å². The number of rotatable bonds is 4. The molecule has 1 saturated heterocycles. The van der Waals surface area contributed by atoms with Gasteiger partial charge in [-0.25, -0.2) is 0 Å². The van der Waals surface area contributed by atoms with Crippen molar-refractivity contribution < 1.29 is 9.21 Å². The second-order valence-electron chi connectivity index (χ2n) is 4.65. The van der Waals surface area contributed by atoms with Crippen molar-refractivity contribution in [2.24, 2.45) is 0 Å². The standard InChI is InChI=1S/C13H20N2O2/c1-10-5-6-12(17-10)9-14-11(2)13(16)15-7-3-4-8-15/h5-6,11,14H,3-4,7-9H2,1-2H3. The predicted molar refractivity (Wildman–Crippen MR) is 65.6 cm³/mol. The molecule has 1 aliphatic rings. The number of hydrogen-bond donors (Lipinski definition) is 1. The van der Waals surface area contributed by atoms with Crippen molar-refractivity contribution in [1.82, 2.24) is 10.2 Å². The molecule has 2 heterocycles. The highest BCUT2D eigenvalue weighted by atomic mass is 16.3. The molecule has 1 aromatic rings. The third-order valence-corrected chi connectivity index (χ3v) is 3.17. The summed E-state index contributed by atoms with van der Waals surface area (Å²) < 4.78 is 5.45. The Labute approximate surface area is 102 Å². The van der Waals surface area contributed by atoms with E-state index in [1.54, 1.807) is 0 Å². The largest absolute Gasteiger partial charge is 0.465 e. The van der Waals surface area contributed by atoms with Crippen LogP contribution in [0.5, 0.6) is 0 Å². The number of amides is 1. The first-order valence-corrected chi connectivity index (χ1v) is 6.24. The number of carbonyl (C=O) groups is 1. The normalized spacial score (nSPS) is 17.4. The van der Waals surface area contributed by atoms with Crippen molar-refractivity contribution >= 4 is 5.91 Å². The molecule has 0 saturated carbocycles. The number of carbonyl (C=O) groups excluding carboxylic acids is 1. The average molecular weight is 236 g/mol. The first kappa shape index (κ1) is 12.2. The van der Waals surface area contributed by atoms with Crippen LogP contribution in [-0.2, 0) is 11.3 Å². The highest BCUT2D eigenvalue weighted by molar-refractivity contribution is 5.81. The fourth-order valence-electron chi connectivity index (χ4n) is 2.13. The van der Waals surface area contributed by atoms with Gasteiger partial charge >= 0.3 is 0 Å². The van der Waals surface area contributed by atoms with Gasteiger partial charge < -0.3 is 9.32 Å². The summed E-state index contributed by atoms with van der Waals surface area (Å²) in [5.74, 6) is 1.98. The summed E-state index contributed by atoms with van der Waals surface area (Å²) >= 11 is 0. The Balaban J connectivity index is 1.80. The molecule has 0 radical (unpaired) electrons. The van der Waals surface area contributed by atoms with Crippen LogP contribution in [0, 0.1) is 6.92 Å². The maximum absolute atomic E-state index is 12.0. The van der Waals surface area contributed by atoms with Crippen LogP contribution in [-0.4, -0.2) is 29.9 Å². The topological polar surface area (TPSA) is 45.5 Å². The van der Waals surface area contributed by atoms with E-state index in [0.717, 1.165) is 37.5 Å². The van der Waals surface area contributed by atoms with E-state index in [1.165, 1.54) is 0 Å². The van der Waals surface area contributed by atoms with Gasteiger partial charge in [-0.2, -0.15) is 0 Å². The minimum absolute atomic E-state index is 0.140. The molecule has 0 aromatic carbocycles. The van der Waals surface area contributed by atoms with E-state index in [2.05, 4.69) is 5.32 Å². The van der Waals surface area contributed by atoms with Crippen LogP contribution in [0.15, 0.2) is 16.5 Å². The van der Waals surface area contributed by atoms with Crippen LogP contribution < -0.4 is 5.32 Å². The van der Waals surface area contributed by atoms with Crippen molar-refractivity contribution in [1.29, 1.82) is 0 Å². The summed E-state index contributed by atoms with van der Waals surface area (Å²) in [7, 11) is 0. The van der Waals surface area contributed by atoms with Crippen LogP contribution >= 0.6 is 0 Å². The zero-order valence-electron chi connectivity index (χ0n) is 10.5. The Morgan fingerprint density at radius 1 is 1.47 bits per heavy atom. The maximum Gasteiger partial charge on any atom is 0.239 e. The third kappa shape index (κ3) is 3.09. The number of nitrogens with one attached hydrogen (secondary N) is 1. The van der Waals surface area contributed by atoms with E-state index < -0.39 is 0 Å². The number of hydrogen-bond acceptors (Lipinski definition) is 3. The predicted octanol–water partition coefficient (Wildman–Crippen LogP) is 1.69. The van der Waals surface area contributed by atoms with E-state index in [0.29, 0.717) is 6.54 Å². The molecular weight excluding hydrogens is 216 g/mol. The van der Waals surface area contributed by atoms with Gasteiger partial charge in [-0.1, -0.05) is 0 Å². The van der Waals surface area contributed by atoms with Crippen LogP contribution in [0.3, 0.4) is 0 Å². The van der Waals surface area contributed by atoms with Gasteiger partial charge in [0, 0.05) is 13.1 Å². The Bertz CT molecular complexity index is 381. The van der Waals surface area contributed by atoms with Gasteiger partial charge in [-0.3, -0.25) is 10.1 Å². The molecular formula is C13H20N2O2. The Hall–Kier alpha value is -1.29. The lowest BCUT2D eigenvalue weighted by Crippen LogP contribution is -2.43. The summed E-state index contributed by atoms with van der Waals surface area (Å²) in [6.45, 7) is 6.25. The smallest absolute Gasteiger partial charge is 0.239 e. The molecule has 1 aromatic heterocycles. The first-order chi connectivity index (χ1) is 8.16. The highest BCUT2D eigenvalue weighted by Gasteiger charge is 2.22. The number of nitrogens with zero attached hydrogens (tertiary/aromatic N) is 1. The summed E-state index contributed by atoms with van der Waals surface area (Å²) in [5.41, 5.74) is 0. The zero-order chi connectivity index (χ0) is 12.3. The molecule has 4 nitrogen and oxygen atoms in total. The number of furan rings is 1. The number of likely N-dealkylation sites (tertiary alicyclic amines) is 1. The molecule has 0 bridgehead atoms. The Kier molecular flexibility index (Phi) is 3.84. The van der Waals surface area contributed by atoms with Crippen LogP contribution in [0.1, 0.15) is 31.3 Å². The summed E-state index contributed by atoms with van der Waals surface area (Å²) in [5, 5.41) is 3.20. The van der Waals surface area contributed by atoms with E-state index in [1.807, 2.05) is 30.9 Å². The minimum atomic E-state index is -0.140. The third-order valence-electron chi connectivity index (χ3n) is 3.17. The average Bonchev–Trinajstić information content (AvgIpc) is 2.95. The lowest BCUT2D eigenvalue weighted by molar-refractivity contribution is -0.132. The van der Waals surface area contributed by atoms with E-state index in [-0.39, 0.29) is 11.9 Å². The Morgan fingerprint density at radius 3 is 2.76 bits per heavy atom. The van der Waals surface area contributed by atoms with Gasteiger partial charge in [-0.15, -0.1) is 0 Å². The van der Waals surface area contributed by atoms with Gasteiger partial charge in [0.05, 0.1) is 12.6 Å². The van der Waals surface area contributed by atoms with Crippen molar-refractivity contribution in [2.45, 2.75) is 39.3 Å². The van der Waals surface area contributed by atoms with Crippen molar-refractivity contribution in [3.63, 3.8) is 0 Å². The van der Waals surface area contributed by atoms with Crippen molar-refractivity contribution in [3.8, 4) is 0 Å². The Morgan fingerprint density at radius 2 is 2.18 bits per heavy atom. The first-order valence-electron chi connectivity index (χ1n) is 6.24. The quantitative estimate of drug-likeness (QED) is 0.865. The molecule has 2 rings (SSSR count). The maximum atomic E-state index is 12.0. The molecule has 1 fully saturated rings. The fourth-order valence-corrected chi connectivity index (χ4v) is 2.13. The highest BCUT2D eigenvalue weighted by Crippen LogP contribution is 2.10. The van der Waals surface area contributed by atoms with Gasteiger partial charge in [-0.05, 0) is 38.8 Å². The zero-order valence-corrected chi connectivity index (χ0v) is 10.5. The van der Waals surface area contributed by atoms with Gasteiger partial charge in [0.2, 0.25) is 5.91 Å². The van der Waals surface area contributed by atoms with Gasteiger partial charge in [0.1, 0.15) is 11.5 Å². The van der Waals surface area contributed by atoms with Crippen molar-refractivity contribution in [3.05, 3.63) is 23.7 Å². The SMILES string of the molecule is Cc1ccc(CNC(C)C(=O)N2CCCC2)o1. The molecule has 94 valence electrons. The molecule has 1 unspecified atom stereocenters. The van der Waals surface area contributed by atoms with Crippen molar-refractivity contribution in [2.75, 3.05) is 13.1 Å². The lowest BCUT2D eigenvalue weighted by atomic mass is 10.3. The molecule has 4 heteroatoms. The molecule has 17 heavy (non-hydrogen) atoms. The molecule has 1 aliphatic heterocycles. The molecule has 1 atom stereocenters. The summed E-state index contributed by atoms with van der Waals surface area (Å²) in [6, 6.07) is 3.73. The van der Waals surface area contributed by atoms with Crippen LogP contribution in [0.2, 0.25) is 0 Å². The second-order valence-corrected chi connectivity index (χ2v) is 4.65. The van der Waals surface area contributed by atoms with Gasteiger partial charge in [0.15, 0.2) is 0 Å². The monoisotopic (exact) mass is 236 g/mol.